The van der Waals surface area contributed by atoms with Gasteiger partial charge in [-0.05, 0) is 30.5 Å². The van der Waals surface area contributed by atoms with E-state index in [1.165, 1.54) is 24.5 Å². The molecule has 0 aliphatic carbocycles. The number of hydrogen-bond acceptors (Lipinski definition) is 4. The van der Waals surface area contributed by atoms with Crippen LogP contribution in [-0.4, -0.2) is 40.9 Å². The van der Waals surface area contributed by atoms with Crippen molar-refractivity contribution in [2.75, 3.05) is 25.5 Å². The lowest BCUT2D eigenvalue weighted by atomic mass is 10.1. The number of hydrogen-bond donors (Lipinski definition) is 1. The third-order valence-electron chi connectivity index (χ3n) is 3.70. The molecule has 1 aromatic carbocycles. The molecular weight excluding hydrogens is 307 g/mol. The summed E-state index contributed by atoms with van der Waals surface area (Å²) in [6.45, 7) is 3.45. The molecule has 1 aromatic heterocycles. The Morgan fingerprint density at radius 2 is 1.88 bits per heavy atom. The Balaban J connectivity index is 1.83. The lowest BCUT2D eigenvalue weighted by Crippen LogP contribution is -2.28. The van der Waals surface area contributed by atoms with Crippen LogP contribution in [0.15, 0.2) is 36.7 Å². The van der Waals surface area contributed by atoms with Crippen molar-refractivity contribution in [2.45, 2.75) is 26.2 Å². The third kappa shape index (κ3) is 5.30. The van der Waals surface area contributed by atoms with Crippen LogP contribution in [0.2, 0.25) is 0 Å². The van der Waals surface area contributed by atoms with E-state index in [0.29, 0.717) is 18.1 Å². The molecule has 0 bridgehead atoms. The average molecular weight is 330 g/mol. The Kier molecular flexibility index (Phi) is 6.66. The van der Waals surface area contributed by atoms with Gasteiger partial charge in [0.25, 0.3) is 5.91 Å². The molecular formula is C18H23FN4O. The van der Waals surface area contributed by atoms with Gasteiger partial charge in [-0.1, -0.05) is 25.5 Å². The largest absolute Gasteiger partial charge is 0.354 e. The highest BCUT2D eigenvalue weighted by Crippen LogP contribution is 2.06. The van der Waals surface area contributed by atoms with Crippen molar-refractivity contribution in [1.29, 1.82) is 0 Å². The second kappa shape index (κ2) is 8.96. The van der Waals surface area contributed by atoms with Crippen LogP contribution in [0.25, 0.3) is 0 Å². The van der Waals surface area contributed by atoms with Gasteiger partial charge in [0.15, 0.2) is 0 Å². The Morgan fingerprint density at radius 1 is 1.21 bits per heavy atom. The first kappa shape index (κ1) is 17.8. The van der Waals surface area contributed by atoms with Gasteiger partial charge in [-0.2, -0.15) is 0 Å². The highest BCUT2D eigenvalue weighted by atomic mass is 19.1. The topological polar surface area (TPSA) is 58.1 Å². The molecule has 1 N–H and O–H groups in total. The number of unbranched alkanes of at least 4 members (excludes halogenated alkanes) is 1. The number of anilines is 1. The van der Waals surface area contributed by atoms with Gasteiger partial charge >= 0.3 is 0 Å². The van der Waals surface area contributed by atoms with E-state index in [0.717, 1.165) is 31.4 Å². The van der Waals surface area contributed by atoms with Crippen molar-refractivity contribution < 1.29 is 9.18 Å². The molecule has 128 valence electrons. The summed E-state index contributed by atoms with van der Waals surface area (Å²) in [6, 6.07) is 6.40. The van der Waals surface area contributed by atoms with Crippen LogP contribution in [0.1, 0.15) is 35.7 Å². The summed E-state index contributed by atoms with van der Waals surface area (Å²) < 4.78 is 12.8. The summed E-state index contributed by atoms with van der Waals surface area (Å²) in [5, 5.41) is 3.10. The predicted molar refractivity (Wildman–Crippen MR) is 92.5 cm³/mol. The van der Waals surface area contributed by atoms with Gasteiger partial charge in [0.1, 0.15) is 5.82 Å². The smallest absolute Gasteiger partial charge is 0.256 e. The van der Waals surface area contributed by atoms with Gasteiger partial charge < -0.3 is 10.2 Å². The van der Waals surface area contributed by atoms with Crippen molar-refractivity contribution in [2.24, 2.45) is 0 Å². The molecule has 0 spiro atoms. The van der Waals surface area contributed by atoms with Crippen molar-refractivity contribution in [3.8, 4) is 0 Å². The van der Waals surface area contributed by atoms with Crippen LogP contribution >= 0.6 is 0 Å². The monoisotopic (exact) mass is 330 g/mol. The molecule has 1 amide bonds. The number of benzene rings is 1. The van der Waals surface area contributed by atoms with E-state index in [4.69, 9.17) is 0 Å². The van der Waals surface area contributed by atoms with E-state index >= 15 is 0 Å². The zero-order valence-electron chi connectivity index (χ0n) is 14.1. The zero-order valence-corrected chi connectivity index (χ0v) is 14.1. The Bertz CT molecular complexity index is 643. The molecule has 5 nitrogen and oxygen atoms in total. The minimum atomic E-state index is -0.237. The summed E-state index contributed by atoms with van der Waals surface area (Å²) in [7, 11) is 1.78. The number of amides is 1. The van der Waals surface area contributed by atoms with Crippen LogP contribution in [0.5, 0.6) is 0 Å². The summed E-state index contributed by atoms with van der Waals surface area (Å²) in [6.07, 6.45) is 5.84. The second-order valence-corrected chi connectivity index (χ2v) is 5.68. The van der Waals surface area contributed by atoms with Crippen molar-refractivity contribution >= 4 is 11.9 Å². The summed E-state index contributed by atoms with van der Waals surface area (Å²) in [5.41, 5.74) is 1.52. The molecule has 6 heteroatoms. The van der Waals surface area contributed by atoms with Gasteiger partial charge in [0.2, 0.25) is 5.95 Å². The molecule has 0 aliphatic rings. The molecule has 0 saturated heterocycles. The number of carbonyl (C=O) groups is 1. The van der Waals surface area contributed by atoms with E-state index in [9.17, 15) is 9.18 Å². The van der Waals surface area contributed by atoms with Crippen molar-refractivity contribution in [3.63, 3.8) is 0 Å². The number of carbonyl (C=O) groups excluding carboxylic acids is 1. The molecule has 0 radical (unpaired) electrons. The normalized spacial score (nSPS) is 10.5. The van der Waals surface area contributed by atoms with E-state index in [2.05, 4.69) is 22.2 Å². The Labute approximate surface area is 141 Å². The van der Waals surface area contributed by atoms with E-state index in [1.807, 2.05) is 0 Å². The third-order valence-corrected chi connectivity index (χ3v) is 3.70. The van der Waals surface area contributed by atoms with Crippen LogP contribution in [0, 0.1) is 5.82 Å². The Morgan fingerprint density at radius 3 is 2.50 bits per heavy atom. The van der Waals surface area contributed by atoms with Crippen LogP contribution in [0.4, 0.5) is 10.3 Å². The highest BCUT2D eigenvalue weighted by Gasteiger charge is 2.12. The molecule has 0 aliphatic heterocycles. The molecule has 1 heterocycles. The summed E-state index contributed by atoms with van der Waals surface area (Å²) in [5.74, 6) is 0.172. The lowest BCUT2D eigenvalue weighted by Gasteiger charge is -2.16. The van der Waals surface area contributed by atoms with E-state index in [1.54, 1.807) is 24.1 Å². The minimum absolute atomic E-state index is 0.0682. The quantitative estimate of drug-likeness (QED) is 0.808. The minimum Gasteiger partial charge on any atom is -0.354 e. The molecule has 2 rings (SSSR count). The maximum Gasteiger partial charge on any atom is 0.256 e. The summed E-state index contributed by atoms with van der Waals surface area (Å²) >= 11 is 0. The molecule has 0 fully saturated rings. The first-order valence-electron chi connectivity index (χ1n) is 8.16. The van der Waals surface area contributed by atoms with Gasteiger partial charge in [-0.3, -0.25) is 4.79 Å². The fraction of sp³-hybridized carbons (Fsp3) is 0.389. The zero-order chi connectivity index (χ0) is 17.4. The number of aromatic nitrogens is 2. The van der Waals surface area contributed by atoms with Gasteiger partial charge in [0, 0.05) is 32.5 Å². The maximum atomic E-state index is 12.8. The SMILES string of the molecule is CCCCN(C)C(=O)c1cnc(NCCc2ccc(F)cc2)nc1. The van der Waals surface area contributed by atoms with Gasteiger partial charge in [-0.25, -0.2) is 14.4 Å². The molecule has 0 unspecified atom stereocenters. The maximum absolute atomic E-state index is 12.8. The number of rotatable bonds is 8. The Hall–Kier alpha value is -2.50. The molecule has 2 aromatic rings. The highest BCUT2D eigenvalue weighted by molar-refractivity contribution is 5.93. The standard InChI is InChI=1S/C18H23FN4O/c1-3-4-11-23(2)17(24)15-12-21-18(22-13-15)20-10-9-14-5-7-16(19)8-6-14/h5-8,12-13H,3-4,9-11H2,1-2H3,(H,20,21,22). The number of halogens is 1. The molecule has 0 atom stereocenters. The van der Waals surface area contributed by atoms with Crippen LogP contribution in [-0.2, 0) is 6.42 Å². The van der Waals surface area contributed by atoms with Crippen LogP contribution in [0.3, 0.4) is 0 Å². The van der Waals surface area contributed by atoms with Crippen molar-refractivity contribution in [1.82, 2.24) is 14.9 Å². The predicted octanol–water partition coefficient (Wildman–Crippen LogP) is 3.14. The average Bonchev–Trinajstić information content (AvgIpc) is 2.61. The fourth-order valence-corrected chi connectivity index (χ4v) is 2.22. The van der Waals surface area contributed by atoms with Crippen molar-refractivity contribution in [3.05, 3.63) is 53.6 Å². The number of nitrogens with one attached hydrogen (secondary N) is 1. The number of nitrogens with zero attached hydrogens (tertiary/aromatic N) is 3. The first-order chi connectivity index (χ1) is 11.6. The second-order valence-electron chi connectivity index (χ2n) is 5.68. The van der Waals surface area contributed by atoms with E-state index < -0.39 is 0 Å². The summed E-state index contributed by atoms with van der Waals surface area (Å²) in [4.78, 5) is 22.2. The fourth-order valence-electron chi connectivity index (χ4n) is 2.22. The van der Waals surface area contributed by atoms with Gasteiger partial charge in [-0.15, -0.1) is 0 Å². The first-order valence-corrected chi connectivity index (χ1v) is 8.16. The lowest BCUT2D eigenvalue weighted by molar-refractivity contribution is 0.0792. The molecule has 24 heavy (non-hydrogen) atoms. The molecule has 0 saturated carbocycles. The van der Waals surface area contributed by atoms with Gasteiger partial charge in [0.05, 0.1) is 5.56 Å². The van der Waals surface area contributed by atoms with Crippen LogP contribution < -0.4 is 5.32 Å². The van der Waals surface area contributed by atoms with E-state index in [-0.39, 0.29) is 11.7 Å².